The van der Waals surface area contributed by atoms with Gasteiger partial charge in [-0.25, -0.2) is 9.78 Å². The molecule has 6 nitrogen and oxygen atoms in total. The molecule has 130 valence electrons. The van der Waals surface area contributed by atoms with Crippen LogP contribution in [-0.2, 0) is 14.0 Å². The Kier molecular flexibility index (Phi) is 5.12. The summed E-state index contributed by atoms with van der Waals surface area (Å²) in [5.74, 6) is -1.68. The van der Waals surface area contributed by atoms with E-state index in [4.69, 9.17) is 15.0 Å². The molecular formula is C16H22BFN2O4. The highest BCUT2D eigenvalue weighted by Crippen LogP contribution is 2.38. The second kappa shape index (κ2) is 6.62. The molecule has 24 heavy (non-hydrogen) atoms. The van der Waals surface area contributed by atoms with E-state index in [1.807, 2.05) is 27.7 Å². The Bertz CT molecular complexity index is 660. The molecule has 0 radical (unpaired) electrons. The van der Waals surface area contributed by atoms with Crippen LogP contribution in [0.5, 0.6) is 0 Å². The molecule has 2 rings (SSSR count). The minimum absolute atomic E-state index is 0.182. The number of carbonyl (C=O) groups excluding carboxylic acids is 1. The molecular weight excluding hydrogens is 314 g/mol. The molecule has 0 aliphatic carbocycles. The van der Waals surface area contributed by atoms with E-state index in [1.165, 1.54) is 19.4 Å². The summed E-state index contributed by atoms with van der Waals surface area (Å²) in [5, 5.41) is 0. The molecule has 8 heteroatoms. The molecule has 0 atom stereocenters. The van der Waals surface area contributed by atoms with Crippen LogP contribution < -0.4 is 5.73 Å². The fourth-order valence-corrected chi connectivity index (χ4v) is 2.23. The molecule has 1 aromatic heterocycles. The molecule has 1 fully saturated rings. The fraction of sp³-hybridized carbons (Fsp3) is 0.500. The smallest absolute Gasteiger partial charge is 0.465 e. The molecule has 0 spiro atoms. The number of halogens is 1. The number of esters is 1. The SMILES string of the molecule is COC(=O)c1cc(C=C(CN)B2OC(C)(C)C(C)(C)O2)cnc1F. The number of hydrogen-bond acceptors (Lipinski definition) is 6. The van der Waals surface area contributed by atoms with Crippen LogP contribution >= 0.6 is 0 Å². The van der Waals surface area contributed by atoms with Crippen molar-refractivity contribution in [2.75, 3.05) is 13.7 Å². The van der Waals surface area contributed by atoms with E-state index in [-0.39, 0.29) is 12.1 Å². The predicted molar refractivity (Wildman–Crippen MR) is 88.6 cm³/mol. The van der Waals surface area contributed by atoms with Crippen molar-refractivity contribution in [3.05, 3.63) is 34.8 Å². The van der Waals surface area contributed by atoms with E-state index in [1.54, 1.807) is 6.08 Å². The number of hydrogen-bond donors (Lipinski definition) is 1. The highest BCUT2D eigenvalue weighted by Gasteiger charge is 2.52. The van der Waals surface area contributed by atoms with E-state index < -0.39 is 30.2 Å². The Hall–Kier alpha value is -1.77. The van der Waals surface area contributed by atoms with Crippen LogP contribution in [0.25, 0.3) is 6.08 Å². The van der Waals surface area contributed by atoms with Crippen molar-refractivity contribution in [2.45, 2.75) is 38.9 Å². The average Bonchev–Trinajstić information content (AvgIpc) is 2.73. The monoisotopic (exact) mass is 336 g/mol. The van der Waals surface area contributed by atoms with E-state index >= 15 is 0 Å². The van der Waals surface area contributed by atoms with Crippen LogP contribution in [-0.4, -0.2) is 42.9 Å². The number of carbonyl (C=O) groups is 1. The van der Waals surface area contributed by atoms with Crippen LogP contribution in [0, 0.1) is 5.95 Å². The van der Waals surface area contributed by atoms with E-state index in [0.29, 0.717) is 11.0 Å². The van der Waals surface area contributed by atoms with Gasteiger partial charge in [-0.15, -0.1) is 0 Å². The summed E-state index contributed by atoms with van der Waals surface area (Å²) in [7, 11) is 0.562. The average molecular weight is 336 g/mol. The summed E-state index contributed by atoms with van der Waals surface area (Å²) in [6, 6.07) is 1.36. The third-order valence-electron chi connectivity index (χ3n) is 4.41. The van der Waals surface area contributed by atoms with Crippen LogP contribution in [0.2, 0.25) is 0 Å². The highest BCUT2D eigenvalue weighted by atomic mass is 19.1. The van der Waals surface area contributed by atoms with Gasteiger partial charge in [0.15, 0.2) is 0 Å². The number of aromatic nitrogens is 1. The summed E-state index contributed by atoms with van der Waals surface area (Å²) >= 11 is 0. The van der Waals surface area contributed by atoms with Crippen molar-refractivity contribution in [1.29, 1.82) is 0 Å². The third-order valence-corrected chi connectivity index (χ3v) is 4.41. The summed E-state index contributed by atoms with van der Waals surface area (Å²) in [4.78, 5) is 15.2. The molecule has 0 saturated carbocycles. The maximum Gasteiger partial charge on any atom is 0.491 e. The Morgan fingerprint density at radius 3 is 2.46 bits per heavy atom. The van der Waals surface area contributed by atoms with Gasteiger partial charge < -0.3 is 19.8 Å². The molecule has 2 N–H and O–H groups in total. The van der Waals surface area contributed by atoms with Crippen molar-refractivity contribution < 1.29 is 23.2 Å². The van der Waals surface area contributed by atoms with Gasteiger partial charge in [0.2, 0.25) is 5.95 Å². The summed E-state index contributed by atoms with van der Waals surface area (Å²) < 4.78 is 30.1. The number of pyridine rings is 1. The van der Waals surface area contributed by atoms with Crippen molar-refractivity contribution in [3.8, 4) is 0 Å². The Labute approximate surface area is 141 Å². The minimum Gasteiger partial charge on any atom is -0.465 e. The van der Waals surface area contributed by atoms with Crippen LogP contribution in [0.4, 0.5) is 4.39 Å². The fourth-order valence-electron chi connectivity index (χ4n) is 2.23. The number of rotatable bonds is 4. The minimum atomic E-state index is -0.885. The first-order valence-corrected chi connectivity index (χ1v) is 7.61. The van der Waals surface area contributed by atoms with Crippen LogP contribution in [0.3, 0.4) is 0 Å². The molecule has 1 saturated heterocycles. The maximum absolute atomic E-state index is 13.6. The van der Waals surface area contributed by atoms with Crippen molar-refractivity contribution in [3.63, 3.8) is 0 Å². The van der Waals surface area contributed by atoms with Crippen molar-refractivity contribution in [2.24, 2.45) is 5.73 Å². The molecule has 0 unspecified atom stereocenters. The summed E-state index contributed by atoms with van der Waals surface area (Å²) in [6.07, 6.45) is 2.99. The van der Waals surface area contributed by atoms with Gasteiger partial charge in [0.05, 0.1) is 18.3 Å². The zero-order valence-corrected chi connectivity index (χ0v) is 14.6. The summed E-state index contributed by atoms with van der Waals surface area (Å²) in [6.45, 7) is 7.94. The zero-order chi connectivity index (χ0) is 18.1. The van der Waals surface area contributed by atoms with Gasteiger partial charge in [0, 0.05) is 12.7 Å². The normalized spacial score (nSPS) is 19.5. The number of ether oxygens (including phenoxy) is 1. The molecule has 0 bridgehead atoms. The van der Waals surface area contributed by atoms with E-state index in [0.717, 1.165) is 0 Å². The van der Waals surface area contributed by atoms with Gasteiger partial charge in [-0.1, -0.05) is 6.08 Å². The van der Waals surface area contributed by atoms with Gasteiger partial charge in [-0.2, -0.15) is 4.39 Å². The Morgan fingerprint density at radius 2 is 1.96 bits per heavy atom. The second-order valence-electron chi connectivity index (χ2n) is 6.61. The topological polar surface area (TPSA) is 83.7 Å². The number of methoxy groups -OCH3 is 1. The first kappa shape index (κ1) is 18.6. The lowest BCUT2D eigenvalue weighted by Gasteiger charge is -2.32. The lowest BCUT2D eigenvalue weighted by atomic mass is 9.77. The lowest BCUT2D eigenvalue weighted by Crippen LogP contribution is -2.41. The van der Waals surface area contributed by atoms with Gasteiger partial charge >= 0.3 is 13.1 Å². The predicted octanol–water partition coefficient (Wildman–Crippen LogP) is 1.98. The summed E-state index contributed by atoms with van der Waals surface area (Å²) in [5.41, 5.74) is 5.76. The van der Waals surface area contributed by atoms with Crippen LogP contribution in [0.1, 0.15) is 43.6 Å². The molecule has 1 aliphatic rings. The van der Waals surface area contributed by atoms with Gasteiger partial charge in [0.25, 0.3) is 0 Å². The first-order valence-electron chi connectivity index (χ1n) is 7.61. The van der Waals surface area contributed by atoms with E-state index in [9.17, 15) is 9.18 Å². The molecule has 1 aliphatic heterocycles. The Morgan fingerprint density at radius 1 is 1.38 bits per heavy atom. The first-order chi connectivity index (χ1) is 11.1. The molecule has 2 heterocycles. The van der Waals surface area contributed by atoms with E-state index in [2.05, 4.69) is 9.72 Å². The van der Waals surface area contributed by atoms with Gasteiger partial charge in [-0.3, -0.25) is 0 Å². The lowest BCUT2D eigenvalue weighted by molar-refractivity contribution is 0.00578. The van der Waals surface area contributed by atoms with Gasteiger partial charge in [0.1, 0.15) is 5.56 Å². The van der Waals surface area contributed by atoms with Crippen molar-refractivity contribution in [1.82, 2.24) is 4.98 Å². The van der Waals surface area contributed by atoms with Crippen molar-refractivity contribution >= 4 is 19.2 Å². The number of nitrogens with zero attached hydrogens (tertiary/aromatic N) is 1. The maximum atomic E-state index is 13.6. The van der Waals surface area contributed by atoms with Gasteiger partial charge in [-0.05, 0) is 44.8 Å². The molecule has 0 amide bonds. The standard InChI is InChI=1S/C16H22BFN2O4/c1-15(2)16(3,4)24-17(23-15)11(8-19)6-10-7-12(14(21)22-5)13(18)20-9-10/h6-7,9H,8,19H2,1-5H3. The quantitative estimate of drug-likeness (QED) is 0.514. The van der Waals surface area contributed by atoms with Crippen LogP contribution in [0.15, 0.2) is 17.7 Å². The second-order valence-corrected chi connectivity index (χ2v) is 6.61. The zero-order valence-electron chi connectivity index (χ0n) is 14.6. The molecule has 1 aromatic rings. The molecule has 0 aromatic carbocycles. The number of nitrogens with two attached hydrogens (primary N) is 1. The Balaban J connectivity index is 2.34. The highest BCUT2D eigenvalue weighted by molar-refractivity contribution is 6.55. The largest absolute Gasteiger partial charge is 0.491 e. The third kappa shape index (κ3) is 3.50.